The molecule has 0 aromatic carbocycles. The van der Waals surface area contributed by atoms with Gasteiger partial charge in [0.2, 0.25) is 5.91 Å². The Bertz CT molecular complexity index is 249. The van der Waals surface area contributed by atoms with Gasteiger partial charge in [0, 0.05) is 6.54 Å². The van der Waals surface area contributed by atoms with E-state index < -0.39 is 12.0 Å². The maximum Gasteiger partial charge on any atom is 0.326 e. The monoisotopic (exact) mass is 262 g/mol. The number of carboxylic acid groups (broad SMARTS) is 1. The van der Waals surface area contributed by atoms with Gasteiger partial charge in [0.15, 0.2) is 0 Å². The number of amides is 1. The van der Waals surface area contributed by atoms with E-state index in [2.05, 4.69) is 5.32 Å². The summed E-state index contributed by atoms with van der Waals surface area (Å²) in [6.07, 6.45) is 3.89. The first-order valence-electron chi connectivity index (χ1n) is 5.78. The minimum atomic E-state index is -0.986. The number of nitrogens with one attached hydrogen (secondary N) is 1. The van der Waals surface area contributed by atoms with Crippen LogP contribution >= 0.6 is 11.8 Å². The highest BCUT2D eigenvalue weighted by Crippen LogP contribution is 2.07. The largest absolute Gasteiger partial charge is 0.480 e. The van der Waals surface area contributed by atoms with Crippen LogP contribution in [-0.4, -0.2) is 41.6 Å². The van der Waals surface area contributed by atoms with Crippen LogP contribution in [0.15, 0.2) is 0 Å². The molecular formula is C11H22N2O3S. The van der Waals surface area contributed by atoms with E-state index in [4.69, 9.17) is 10.8 Å². The molecule has 100 valence electrons. The lowest BCUT2D eigenvalue weighted by Crippen LogP contribution is -2.45. The number of nitrogens with two attached hydrogens (primary N) is 1. The molecule has 0 aliphatic rings. The fourth-order valence-electron chi connectivity index (χ4n) is 1.49. The van der Waals surface area contributed by atoms with Crippen LogP contribution in [0.4, 0.5) is 0 Å². The molecule has 17 heavy (non-hydrogen) atoms. The van der Waals surface area contributed by atoms with Crippen molar-refractivity contribution in [2.24, 2.45) is 11.7 Å². The van der Waals surface area contributed by atoms with Crippen LogP contribution in [-0.2, 0) is 9.59 Å². The van der Waals surface area contributed by atoms with Crippen LogP contribution < -0.4 is 11.1 Å². The van der Waals surface area contributed by atoms with Crippen molar-refractivity contribution in [3.8, 4) is 0 Å². The SMILES string of the molecule is CCCC(CN)C(=O)N[C@@H](CCSC)C(=O)O. The van der Waals surface area contributed by atoms with Gasteiger partial charge in [-0.1, -0.05) is 13.3 Å². The highest BCUT2D eigenvalue weighted by atomic mass is 32.2. The number of carbonyl (C=O) groups is 2. The van der Waals surface area contributed by atoms with Crippen molar-refractivity contribution in [2.75, 3.05) is 18.6 Å². The molecule has 0 aliphatic carbocycles. The topological polar surface area (TPSA) is 92.4 Å². The highest BCUT2D eigenvalue weighted by molar-refractivity contribution is 7.98. The Morgan fingerprint density at radius 1 is 1.41 bits per heavy atom. The van der Waals surface area contributed by atoms with Gasteiger partial charge < -0.3 is 16.2 Å². The zero-order valence-electron chi connectivity index (χ0n) is 10.4. The zero-order chi connectivity index (χ0) is 13.3. The van der Waals surface area contributed by atoms with E-state index in [9.17, 15) is 9.59 Å². The second-order valence-corrected chi connectivity index (χ2v) is 4.89. The third-order valence-electron chi connectivity index (χ3n) is 2.52. The maximum atomic E-state index is 11.8. The number of carboxylic acids is 1. The van der Waals surface area contributed by atoms with Crippen molar-refractivity contribution in [1.82, 2.24) is 5.32 Å². The predicted molar refractivity (Wildman–Crippen MR) is 70.0 cm³/mol. The lowest BCUT2D eigenvalue weighted by atomic mass is 10.0. The van der Waals surface area contributed by atoms with Crippen molar-refractivity contribution in [1.29, 1.82) is 0 Å². The van der Waals surface area contributed by atoms with Gasteiger partial charge in [-0.2, -0.15) is 11.8 Å². The molecule has 0 aliphatic heterocycles. The summed E-state index contributed by atoms with van der Waals surface area (Å²) in [6.45, 7) is 2.23. The average Bonchev–Trinajstić information content (AvgIpc) is 2.30. The minimum absolute atomic E-state index is 0.247. The number of aliphatic carboxylic acids is 1. The fraction of sp³-hybridized carbons (Fsp3) is 0.818. The van der Waals surface area contributed by atoms with E-state index in [1.165, 1.54) is 0 Å². The number of hydrogen-bond acceptors (Lipinski definition) is 4. The molecule has 1 amide bonds. The average molecular weight is 262 g/mol. The summed E-state index contributed by atoms with van der Waals surface area (Å²) in [5, 5.41) is 11.5. The molecule has 0 heterocycles. The molecule has 0 radical (unpaired) electrons. The summed E-state index contributed by atoms with van der Waals surface area (Å²) >= 11 is 1.56. The molecular weight excluding hydrogens is 240 g/mol. The van der Waals surface area contributed by atoms with E-state index in [0.29, 0.717) is 18.6 Å². The summed E-state index contributed by atoms with van der Waals surface area (Å²) in [5.74, 6) is -0.808. The Labute approximate surface area is 107 Å². The summed E-state index contributed by atoms with van der Waals surface area (Å²) in [6, 6.07) is -0.805. The summed E-state index contributed by atoms with van der Waals surface area (Å²) in [4.78, 5) is 22.7. The normalized spacial score (nSPS) is 14.1. The van der Waals surface area contributed by atoms with Crippen LogP contribution in [0.3, 0.4) is 0 Å². The third-order valence-corrected chi connectivity index (χ3v) is 3.16. The number of rotatable bonds is 9. The molecule has 0 aromatic heterocycles. The standard InChI is InChI=1S/C11H22N2O3S/c1-3-4-8(7-12)10(14)13-9(11(15)16)5-6-17-2/h8-9H,3-7,12H2,1-2H3,(H,13,14)(H,15,16)/t8?,9-/m0/s1. The molecule has 0 saturated carbocycles. The van der Waals surface area contributed by atoms with Crippen LogP contribution in [0, 0.1) is 5.92 Å². The van der Waals surface area contributed by atoms with E-state index in [-0.39, 0.29) is 18.4 Å². The Morgan fingerprint density at radius 3 is 2.47 bits per heavy atom. The van der Waals surface area contributed by atoms with Crippen molar-refractivity contribution in [3.63, 3.8) is 0 Å². The van der Waals surface area contributed by atoms with E-state index in [1.54, 1.807) is 11.8 Å². The van der Waals surface area contributed by atoms with E-state index in [1.807, 2.05) is 13.2 Å². The first kappa shape index (κ1) is 16.2. The van der Waals surface area contributed by atoms with Crippen molar-refractivity contribution < 1.29 is 14.7 Å². The Balaban J connectivity index is 4.32. The summed E-state index contributed by atoms with van der Waals surface area (Å²) < 4.78 is 0. The number of thioether (sulfide) groups is 1. The van der Waals surface area contributed by atoms with Crippen LogP contribution in [0.1, 0.15) is 26.2 Å². The third kappa shape index (κ3) is 6.53. The van der Waals surface area contributed by atoms with Crippen molar-refractivity contribution in [3.05, 3.63) is 0 Å². The number of carbonyl (C=O) groups excluding carboxylic acids is 1. The summed E-state index contributed by atoms with van der Waals surface area (Å²) in [5.41, 5.74) is 5.50. The molecule has 0 bridgehead atoms. The molecule has 5 nitrogen and oxygen atoms in total. The van der Waals surface area contributed by atoms with Gasteiger partial charge in [-0.15, -0.1) is 0 Å². The number of hydrogen-bond donors (Lipinski definition) is 3. The Morgan fingerprint density at radius 2 is 2.06 bits per heavy atom. The molecule has 6 heteroatoms. The predicted octanol–water partition coefficient (Wildman–Crippen LogP) is 0.684. The van der Waals surface area contributed by atoms with Crippen LogP contribution in [0.2, 0.25) is 0 Å². The molecule has 1 unspecified atom stereocenters. The highest BCUT2D eigenvalue weighted by Gasteiger charge is 2.23. The minimum Gasteiger partial charge on any atom is -0.480 e. The molecule has 0 aromatic rings. The molecule has 0 rings (SSSR count). The van der Waals surface area contributed by atoms with Gasteiger partial charge in [0.25, 0.3) is 0 Å². The second kappa shape index (κ2) is 9.30. The van der Waals surface area contributed by atoms with Crippen LogP contribution in [0.5, 0.6) is 0 Å². The van der Waals surface area contributed by atoms with Crippen molar-refractivity contribution in [2.45, 2.75) is 32.2 Å². The molecule has 0 spiro atoms. The quantitative estimate of drug-likeness (QED) is 0.568. The molecule has 0 saturated heterocycles. The lowest BCUT2D eigenvalue weighted by Gasteiger charge is -2.18. The molecule has 4 N–H and O–H groups in total. The fourth-order valence-corrected chi connectivity index (χ4v) is 1.96. The van der Waals surface area contributed by atoms with Crippen LogP contribution in [0.25, 0.3) is 0 Å². The van der Waals surface area contributed by atoms with E-state index >= 15 is 0 Å². The first-order chi connectivity index (χ1) is 8.06. The van der Waals surface area contributed by atoms with E-state index in [0.717, 1.165) is 6.42 Å². The van der Waals surface area contributed by atoms with Gasteiger partial charge >= 0.3 is 5.97 Å². The molecule has 2 atom stereocenters. The van der Waals surface area contributed by atoms with Gasteiger partial charge in [-0.3, -0.25) is 4.79 Å². The zero-order valence-corrected chi connectivity index (χ0v) is 11.3. The molecule has 0 fully saturated rings. The maximum absolute atomic E-state index is 11.8. The Kier molecular flexibility index (Phi) is 8.89. The van der Waals surface area contributed by atoms with Gasteiger partial charge in [0.1, 0.15) is 6.04 Å². The lowest BCUT2D eigenvalue weighted by molar-refractivity contribution is -0.142. The summed E-state index contributed by atoms with van der Waals surface area (Å²) in [7, 11) is 0. The Hall–Kier alpha value is -0.750. The van der Waals surface area contributed by atoms with Gasteiger partial charge in [-0.05, 0) is 24.9 Å². The van der Waals surface area contributed by atoms with Gasteiger partial charge in [-0.25, -0.2) is 4.79 Å². The second-order valence-electron chi connectivity index (χ2n) is 3.90. The van der Waals surface area contributed by atoms with Gasteiger partial charge in [0.05, 0.1) is 5.92 Å². The first-order valence-corrected chi connectivity index (χ1v) is 7.18. The van der Waals surface area contributed by atoms with Crippen molar-refractivity contribution >= 4 is 23.6 Å². The smallest absolute Gasteiger partial charge is 0.326 e.